The van der Waals surface area contributed by atoms with Crippen LogP contribution in [-0.2, 0) is 12.8 Å². The number of rotatable bonds is 6. The van der Waals surface area contributed by atoms with Crippen LogP contribution in [0.4, 0.5) is 0 Å². The highest BCUT2D eigenvalue weighted by Gasteiger charge is 2.11. The van der Waals surface area contributed by atoms with Gasteiger partial charge in [-0.25, -0.2) is 0 Å². The van der Waals surface area contributed by atoms with Crippen molar-refractivity contribution in [1.82, 2.24) is 5.43 Å². The van der Waals surface area contributed by atoms with Crippen molar-refractivity contribution in [2.24, 2.45) is 5.84 Å². The summed E-state index contributed by atoms with van der Waals surface area (Å²) in [6, 6.07) is 9.94. The van der Waals surface area contributed by atoms with Crippen molar-refractivity contribution in [3.63, 3.8) is 0 Å². The third-order valence-corrected chi connectivity index (χ3v) is 3.88. The Labute approximate surface area is 126 Å². The lowest BCUT2D eigenvalue weighted by Gasteiger charge is -2.16. The summed E-state index contributed by atoms with van der Waals surface area (Å²) < 4.78 is 6.30. The molecule has 3 nitrogen and oxygen atoms in total. The number of nitrogens with two attached hydrogens (primary N) is 1. The fourth-order valence-electron chi connectivity index (χ4n) is 1.97. The van der Waals surface area contributed by atoms with Gasteiger partial charge in [0.25, 0.3) is 0 Å². The Balaban J connectivity index is 1.94. The van der Waals surface area contributed by atoms with E-state index in [1.165, 1.54) is 0 Å². The molecule has 0 aliphatic heterocycles. The second kappa shape index (κ2) is 7.10. The van der Waals surface area contributed by atoms with Crippen LogP contribution in [0, 0.1) is 0 Å². The molecule has 0 aliphatic carbocycles. The average Bonchev–Trinajstić information content (AvgIpc) is 2.90. The highest BCUT2D eigenvalue weighted by molar-refractivity contribution is 9.10. The number of hydrogen-bond donors (Lipinski definition) is 2. The van der Waals surface area contributed by atoms with Gasteiger partial charge in [0.05, 0.1) is 6.26 Å². The molecule has 0 saturated carbocycles. The molecular formula is C14H16BrClN2O. The first-order valence-corrected chi connectivity index (χ1v) is 7.28. The molecule has 102 valence electrons. The topological polar surface area (TPSA) is 51.2 Å². The van der Waals surface area contributed by atoms with Gasteiger partial charge < -0.3 is 4.42 Å². The quantitative estimate of drug-likeness (QED) is 0.621. The van der Waals surface area contributed by atoms with Crippen LogP contribution in [0.2, 0.25) is 5.02 Å². The molecule has 1 atom stereocenters. The Morgan fingerprint density at radius 3 is 2.84 bits per heavy atom. The van der Waals surface area contributed by atoms with Crippen molar-refractivity contribution in [2.75, 3.05) is 0 Å². The number of aryl methyl sites for hydroxylation is 1. The molecular weight excluding hydrogens is 328 g/mol. The van der Waals surface area contributed by atoms with E-state index in [2.05, 4.69) is 21.4 Å². The van der Waals surface area contributed by atoms with Gasteiger partial charge in [0.15, 0.2) is 0 Å². The molecule has 5 heteroatoms. The second-order valence-electron chi connectivity index (χ2n) is 4.42. The van der Waals surface area contributed by atoms with E-state index < -0.39 is 0 Å². The number of hydrazine groups is 1. The van der Waals surface area contributed by atoms with Gasteiger partial charge in [-0.1, -0.05) is 33.6 Å². The van der Waals surface area contributed by atoms with E-state index in [0.29, 0.717) is 0 Å². The number of benzene rings is 1. The van der Waals surface area contributed by atoms with E-state index >= 15 is 0 Å². The van der Waals surface area contributed by atoms with Gasteiger partial charge >= 0.3 is 0 Å². The van der Waals surface area contributed by atoms with Crippen LogP contribution in [-0.4, -0.2) is 6.04 Å². The summed E-state index contributed by atoms with van der Waals surface area (Å²) in [5, 5.41) is 0.757. The van der Waals surface area contributed by atoms with Crippen LogP contribution in [0.3, 0.4) is 0 Å². The molecule has 1 aromatic heterocycles. The predicted octanol–water partition coefficient (Wildman–Crippen LogP) is 3.70. The smallest absolute Gasteiger partial charge is 0.103 e. The first-order valence-electron chi connectivity index (χ1n) is 6.11. The van der Waals surface area contributed by atoms with Crippen LogP contribution in [0.15, 0.2) is 45.5 Å². The molecule has 3 N–H and O–H groups in total. The van der Waals surface area contributed by atoms with Gasteiger partial charge in [0.1, 0.15) is 5.76 Å². The summed E-state index contributed by atoms with van der Waals surface area (Å²) in [7, 11) is 0. The molecule has 1 aromatic carbocycles. The van der Waals surface area contributed by atoms with Gasteiger partial charge in [-0.2, -0.15) is 0 Å². The molecule has 19 heavy (non-hydrogen) atoms. The van der Waals surface area contributed by atoms with Crippen molar-refractivity contribution < 1.29 is 4.42 Å². The minimum atomic E-state index is 0.170. The summed E-state index contributed by atoms with van der Waals surface area (Å²) >= 11 is 9.61. The van der Waals surface area contributed by atoms with Crippen LogP contribution in [0.1, 0.15) is 17.7 Å². The Morgan fingerprint density at radius 1 is 1.37 bits per heavy atom. The van der Waals surface area contributed by atoms with E-state index in [1.54, 1.807) is 6.26 Å². The Morgan fingerprint density at radius 2 is 2.21 bits per heavy atom. The lowest BCUT2D eigenvalue weighted by Crippen LogP contribution is -2.37. The van der Waals surface area contributed by atoms with E-state index in [4.69, 9.17) is 21.9 Å². The summed E-state index contributed by atoms with van der Waals surface area (Å²) in [5.41, 5.74) is 3.93. The van der Waals surface area contributed by atoms with Crippen molar-refractivity contribution >= 4 is 27.5 Å². The molecule has 0 bridgehead atoms. The largest absolute Gasteiger partial charge is 0.469 e. The molecule has 0 fully saturated rings. The van der Waals surface area contributed by atoms with Crippen LogP contribution < -0.4 is 11.3 Å². The number of nitrogens with one attached hydrogen (secondary N) is 1. The third kappa shape index (κ3) is 4.35. The zero-order chi connectivity index (χ0) is 13.7. The first kappa shape index (κ1) is 14.6. The maximum atomic E-state index is 6.21. The van der Waals surface area contributed by atoms with Gasteiger partial charge in [0.2, 0.25) is 0 Å². The maximum Gasteiger partial charge on any atom is 0.103 e. The molecule has 1 heterocycles. The number of halogens is 2. The molecule has 0 radical (unpaired) electrons. The second-order valence-corrected chi connectivity index (χ2v) is 5.74. The van der Waals surface area contributed by atoms with Gasteiger partial charge in [0, 0.05) is 22.0 Å². The molecule has 1 unspecified atom stereocenters. The maximum absolute atomic E-state index is 6.21. The number of furan rings is 1. The van der Waals surface area contributed by atoms with Gasteiger partial charge in [-0.3, -0.25) is 11.3 Å². The van der Waals surface area contributed by atoms with Crippen molar-refractivity contribution in [2.45, 2.75) is 25.3 Å². The molecule has 0 amide bonds. The lowest BCUT2D eigenvalue weighted by atomic mass is 10.0. The minimum Gasteiger partial charge on any atom is -0.469 e. The fourth-order valence-corrected chi connectivity index (χ4v) is 2.72. The normalized spacial score (nSPS) is 12.6. The van der Waals surface area contributed by atoms with Crippen molar-refractivity contribution in [3.05, 3.63) is 57.4 Å². The fraction of sp³-hybridized carbons (Fsp3) is 0.286. The van der Waals surface area contributed by atoms with Crippen LogP contribution >= 0.6 is 27.5 Å². The number of hydrogen-bond acceptors (Lipinski definition) is 3. The van der Waals surface area contributed by atoms with E-state index in [9.17, 15) is 0 Å². The lowest BCUT2D eigenvalue weighted by molar-refractivity contribution is 0.447. The van der Waals surface area contributed by atoms with Crippen molar-refractivity contribution in [3.8, 4) is 0 Å². The summed E-state index contributed by atoms with van der Waals surface area (Å²) in [5.74, 6) is 6.58. The minimum absolute atomic E-state index is 0.170. The molecule has 0 spiro atoms. The molecule has 2 aromatic rings. The van der Waals surface area contributed by atoms with Gasteiger partial charge in [-0.05, 0) is 42.7 Å². The highest BCUT2D eigenvalue weighted by atomic mass is 79.9. The zero-order valence-electron chi connectivity index (χ0n) is 10.4. The van der Waals surface area contributed by atoms with Gasteiger partial charge in [-0.15, -0.1) is 0 Å². The average molecular weight is 344 g/mol. The van der Waals surface area contributed by atoms with Crippen LogP contribution in [0.5, 0.6) is 0 Å². The Bertz CT molecular complexity index is 516. The monoisotopic (exact) mass is 342 g/mol. The molecule has 0 saturated heterocycles. The molecule has 2 rings (SSSR count). The molecule has 0 aliphatic rings. The Hall–Kier alpha value is -0.810. The standard InChI is InChI=1S/C14H16BrClN2O/c15-11-4-3-10(14(16)9-11)8-12(18-17)5-6-13-2-1-7-19-13/h1-4,7,9,12,18H,5-6,8,17H2. The summed E-state index contributed by atoms with van der Waals surface area (Å²) in [4.78, 5) is 0. The Kier molecular flexibility index (Phi) is 5.45. The van der Waals surface area contributed by atoms with E-state index in [1.807, 2.05) is 30.3 Å². The van der Waals surface area contributed by atoms with Crippen molar-refractivity contribution in [1.29, 1.82) is 0 Å². The summed E-state index contributed by atoms with van der Waals surface area (Å²) in [6.07, 6.45) is 4.24. The zero-order valence-corrected chi connectivity index (χ0v) is 12.7. The third-order valence-electron chi connectivity index (χ3n) is 3.04. The SMILES string of the molecule is NNC(CCc1ccco1)Cc1ccc(Br)cc1Cl. The van der Waals surface area contributed by atoms with E-state index in [-0.39, 0.29) is 6.04 Å². The highest BCUT2D eigenvalue weighted by Crippen LogP contribution is 2.23. The van der Waals surface area contributed by atoms with E-state index in [0.717, 1.165) is 40.1 Å². The first-order chi connectivity index (χ1) is 9.19. The van der Waals surface area contributed by atoms with Crippen LogP contribution in [0.25, 0.3) is 0 Å². The summed E-state index contributed by atoms with van der Waals surface area (Å²) in [6.45, 7) is 0. The predicted molar refractivity (Wildman–Crippen MR) is 81.0 cm³/mol.